The number of aliphatic hydroxyl groups is 1. The van der Waals surface area contributed by atoms with Gasteiger partial charge in [-0.2, -0.15) is 0 Å². The van der Waals surface area contributed by atoms with Gasteiger partial charge in [0.1, 0.15) is 0 Å². The van der Waals surface area contributed by atoms with E-state index in [-0.39, 0.29) is 19.0 Å². The number of aliphatic hydroxyl groups excluding tert-OH is 1. The molecule has 0 unspecified atom stereocenters. The summed E-state index contributed by atoms with van der Waals surface area (Å²) in [4.78, 5) is 3.90. The predicted molar refractivity (Wildman–Crippen MR) is 42.1 cm³/mol. The lowest BCUT2D eigenvalue weighted by atomic mass is 10.2. The molecule has 2 nitrogen and oxygen atoms in total. The molecule has 10 heavy (non-hydrogen) atoms. The van der Waals surface area contributed by atoms with Gasteiger partial charge in [-0.15, -0.1) is 12.4 Å². The summed E-state index contributed by atoms with van der Waals surface area (Å²) in [5.74, 6) is 0. The fourth-order valence-corrected chi connectivity index (χ4v) is 0.704. The maximum Gasteiger partial charge on any atom is 0.0696 e. The van der Waals surface area contributed by atoms with Crippen LogP contribution < -0.4 is 0 Å². The third-order valence-electron chi connectivity index (χ3n) is 1.11. The van der Waals surface area contributed by atoms with Gasteiger partial charge in [-0.05, 0) is 18.1 Å². The largest absolute Gasteiger partial charge is 0.392 e. The summed E-state index contributed by atoms with van der Waals surface area (Å²) >= 11 is 0. The average molecular weight is 160 g/mol. The summed E-state index contributed by atoms with van der Waals surface area (Å²) in [6.07, 6.45) is 3.42. The zero-order valence-electron chi connectivity index (χ0n) is 5.74. The highest BCUT2D eigenvalue weighted by molar-refractivity contribution is 5.85. The summed E-state index contributed by atoms with van der Waals surface area (Å²) < 4.78 is 0. The van der Waals surface area contributed by atoms with Crippen LogP contribution in [0.25, 0.3) is 0 Å². The van der Waals surface area contributed by atoms with Crippen molar-refractivity contribution in [3.63, 3.8) is 0 Å². The van der Waals surface area contributed by atoms with Crippen molar-refractivity contribution in [2.45, 2.75) is 13.5 Å². The maximum absolute atomic E-state index is 8.62. The lowest BCUT2D eigenvalue weighted by Crippen LogP contribution is -1.84. The van der Waals surface area contributed by atoms with E-state index in [1.54, 1.807) is 12.4 Å². The number of pyridine rings is 1. The minimum atomic E-state index is 0. The highest BCUT2D eigenvalue weighted by atomic mass is 35.5. The van der Waals surface area contributed by atoms with E-state index in [2.05, 4.69) is 4.98 Å². The van der Waals surface area contributed by atoms with Crippen molar-refractivity contribution in [3.05, 3.63) is 29.6 Å². The Morgan fingerprint density at radius 3 is 2.60 bits per heavy atom. The zero-order chi connectivity index (χ0) is 6.69. The van der Waals surface area contributed by atoms with Crippen LogP contribution in [0, 0.1) is 6.92 Å². The van der Waals surface area contributed by atoms with Crippen LogP contribution in [-0.2, 0) is 6.61 Å². The SMILES string of the molecule is Cc1cncc(CO)c1.Cl. The van der Waals surface area contributed by atoms with E-state index >= 15 is 0 Å². The summed E-state index contributed by atoms with van der Waals surface area (Å²) in [6, 6.07) is 1.91. The molecular weight excluding hydrogens is 150 g/mol. The predicted octanol–water partition coefficient (Wildman–Crippen LogP) is 1.30. The van der Waals surface area contributed by atoms with Crippen LogP contribution in [0.15, 0.2) is 18.5 Å². The average Bonchev–Trinajstić information content (AvgIpc) is 1.88. The van der Waals surface area contributed by atoms with Gasteiger partial charge < -0.3 is 5.11 Å². The molecule has 1 rings (SSSR count). The molecule has 0 atom stereocenters. The second-order valence-corrected chi connectivity index (χ2v) is 2.03. The van der Waals surface area contributed by atoms with Crippen molar-refractivity contribution in [1.29, 1.82) is 0 Å². The maximum atomic E-state index is 8.62. The van der Waals surface area contributed by atoms with E-state index in [0.29, 0.717) is 0 Å². The van der Waals surface area contributed by atoms with E-state index in [4.69, 9.17) is 5.11 Å². The molecule has 0 amide bonds. The topological polar surface area (TPSA) is 33.1 Å². The zero-order valence-corrected chi connectivity index (χ0v) is 6.56. The molecule has 56 valence electrons. The first-order valence-corrected chi connectivity index (χ1v) is 2.84. The molecule has 1 aromatic rings. The van der Waals surface area contributed by atoms with Crippen LogP contribution >= 0.6 is 12.4 Å². The van der Waals surface area contributed by atoms with Crippen LogP contribution in [0.4, 0.5) is 0 Å². The van der Waals surface area contributed by atoms with E-state index in [1.165, 1.54) is 0 Å². The molecule has 1 N–H and O–H groups in total. The molecule has 0 bridgehead atoms. The first kappa shape index (κ1) is 9.40. The third-order valence-corrected chi connectivity index (χ3v) is 1.11. The van der Waals surface area contributed by atoms with E-state index < -0.39 is 0 Å². The number of hydrogen-bond donors (Lipinski definition) is 1. The Hall–Kier alpha value is -0.600. The number of nitrogens with zero attached hydrogens (tertiary/aromatic N) is 1. The molecular formula is C7H10ClNO. The molecule has 0 fully saturated rings. The Bertz CT molecular complexity index is 203. The molecule has 3 heteroatoms. The number of aromatic nitrogens is 1. The molecule has 0 aliphatic carbocycles. The summed E-state index contributed by atoms with van der Waals surface area (Å²) in [7, 11) is 0. The smallest absolute Gasteiger partial charge is 0.0696 e. The molecule has 0 aliphatic heterocycles. The van der Waals surface area contributed by atoms with Crippen molar-refractivity contribution in [1.82, 2.24) is 4.98 Å². The first-order chi connectivity index (χ1) is 4.33. The molecule has 0 spiro atoms. The first-order valence-electron chi connectivity index (χ1n) is 2.84. The van der Waals surface area contributed by atoms with Crippen molar-refractivity contribution in [2.75, 3.05) is 0 Å². The third kappa shape index (κ3) is 2.33. The minimum absolute atomic E-state index is 0. The number of aryl methyl sites for hydroxylation is 1. The summed E-state index contributed by atoms with van der Waals surface area (Å²) in [5, 5.41) is 8.62. The second-order valence-electron chi connectivity index (χ2n) is 2.03. The molecule has 0 saturated heterocycles. The normalized spacial score (nSPS) is 8.60. The molecule has 1 aromatic heterocycles. The Morgan fingerprint density at radius 1 is 1.50 bits per heavy atom. The number of hydrogen-bond acceptors (Lipinski definition) is 2. The Labute approximate surface area is 66.3 Å². The number of rotatable bonds is 1. The lowest BCUT2D eigenvalue weighted by Gasteiger charge is -1.93. The lowest BCUT2D eigenvalue weighted by molar-refractivity contribution is 0.281. The van der Waals surface area contributed by atoms with Crippen molar-refractivity contribution in [2.24, 2.45) is 0 Å². The Morgan fingerprint density at radius 2 is 2.20 bits per heavy atom. The van der Waals surface area contributed by atoms with Crippen LogP contribution in [0.5, 0.6) is 0 Å². The van der Waals surface area contributed by atoms with Crippen molar-refractivity contribution >= 4 is 12.4 Å². The molecule has 0 saturated carbocycles. The van der Waals surface area contributed by atoms with Gasteiger partial charge in [0.15, 0.2) is 0 Å². The van der Waals surface area contributed by atoms with Crippen LogP contribution in [-0.4, -0.2) is 10.1 Å². The molecule has 0 aliphatic rings. The van der Waals surface area contributed by atoms with E-state index in [9.17, 15) is 0 Å². The van der Waals surface area contributed by atoms with Crippen LogP contribution in [0.3, 0.4) is 0 Å². The van der Waals surface area contributed by atoms with E-state index in [0.717, 1.165) is 11.1 Å². The summed E-state index contributed by atoms with van der Waals surface area (Å²) in [6.45, 7) is 2.03. The van der Waals surface area contributed by atoms with Gasteiger partial charge in [-0.25, -0.2) is 0 Å². The molecule has 1 heterocycles. The van der Waals surface area contributed by atoms with Gasteiger partial charge in [0, 0.05) is 12.4 Å². The van der Waals surface area contributed by atoms with Crippen LogP contribution in [0.2, 0.25) is 0 Å². The fourth-order valence-electron chi connectivity index (χ4n) is 0.704. The second kappa shape index (κ2) is 4.25. The van der Waals surface area contributed by atoms with E-state index in [1.807, 2.05) is 13.0 Å². The Kier molecular flexibility index (Phi) is 4.00. The quantitative estimate of drug-likeness (QED) is 0.670. The van der Waals surface area contributed by atoms with Gasteiger partial charge in [0.05, 0.1) is 6.61 Å². The minimum Gasteiger partial charge on any atom is -0.392 e. The van der Waals surface area contributed by atoms with Gasteiger partial charge in [0.2, 0.25) is 0 Å². The van der Waals surface area contributed by atoms with Gasteiger partial charge in [-0.1, -0.05) is 6.07 Å². The van der Waals surface area contributed by atoms with Gasteiger partial charge in [0.25, 0.3) is 0 Å². The standard InChI is InChI=1S/C7H9NO.ClH/c1-6-2-7(5-9)4-8-3-6;/h2-4,9H,5H2,1H3;1H. The fraction of sp³-hybridized carbons (Fsp3) is 0.286. The summed E-state index contributed by atoms with van der Waals surface area (Å²) in [5.41, 5.74) is 1.96. The highest BCUT2D eigenvalue weighted by Gasteiger charge is 1.88. The number of halogens is 1. The highest BCUT2D eigenvalue weighted by Crippen LogP contribution is 1.99. The van der Waals surface area contributed by atoms with Gasteiger partial charge >= 0.3 is 0 Å². The van der Waals surface area contributed by atoms with Gasteiger partial charge in [-0.3, -0.25) is 4.98 Å². The molecule has 0 radical (unpaired) electrons. The molecule has 0 aromatic carbocycles. The van der Waals surface area contributed by atoms with Crippen molar-refractivity contribution < 1.29 is 5.11 Å². The van der Waals surface area contributed by atoms with Crippen LogP contribution in [0.1, 0.15) is 11.1 Å². The Balaban J connectivity index is 0.000000810. The van der Waals surface area contributed by atoms with Crippen molar-refractivity contribution in [3.8, 4) is 0 Å². The monoisotopic (exact) mass is 159 g/mol.